The molecular formula is C19H23N7. The van der Waals surface area contributed by atoms with E-state index in [1.165, 1.54) is 0 Å². The summed E-state index contributed by atoms with van der Waals surface area (Å²) in [6, 6.07) is 8.04. The molecule has 0 spiro atoms. The van der Waals surface area contributed by atoms with E-state index in [2.05, 4.69) is 68.3 Å². The van der Waals surface area contributed by atoms with Gasteiger partial charge in [-0.1, -0.05) is 20.8 Å². The van der Waals surface area contributed by atoms with Crippen LogP contribution in [0.5, 0.6) is 0 Å². The van der Waals surface area contributed by atoms with Crippen LogP contribution >= 0.6 is 0 Å². The van der Waals surface area contributed by atoms with Gasteiger partial charge in [-0.15, -0.1) is 5.10 Å². The van der Waals surface area contributed by atoms with Crippen LogP contribution in [0.4, 0.5) is 11.6 Å². The van der Waals surface area contributed by atoms with Gasteiger partial charge in [0.1, 0.15) is 12.1 Å². The van der Waals surface area contributed by atoms with E-state index in [1.54, 1.807) is 12.5 Å². The number of hydrogen-bond donors (Lipinski definition) is 1. The van der Waals surface area contributed by atoms with Crippen molar-refractivity contribution in [2.75, 3.05) is 29.9 Å². The van der Waals surface area contributed by atoms with Crippen molar-refractivity contribution >= 4 is 22.7 Å². The number of nitrogens with zero attached hydrogens (tertiary/aromatic N) is 6. The number of anilines is 2. The zero-order valence-corrected chi connectivity index (χ0v) is 15.3. The van der Waals surface area contributed by atoms with Gasteiger partial charge in [-0.25, -0.2) is 15.0 Å². The highest BCUT2D eigenvalue weighted by atomic mass is 15.3. The number of hydrogen-bond acceptors (Lipinski definition) is 7. The third-order valence-electron chi connectivity index (χ3n) is 4.67. The molecule has 0 aromatic carbocycles. The van der Waals surface area contributed by atoms with Crippen molar-refractivity contribution in [3.8, 4) is 0 Å². The van der Waals surface area contributed by atoms with Crippen molar-refractivity contribution in [2.45, 2.75) is 26.2 Å². The molecule has 0 amide bonds. The summed E-state index contributed by atoms with van der Waals surface area (Å²) < 4.78 is 0. The molecular weight excluding hydrogens is 326 g/mol. The Balaban J connectivity index is 1.34. The fourth-order valence-corrected chi connectivity index (χ4v) is 3.06. The molecule has 0 atom stereocenters. The summed E-state index contributed by atoms with van der Waals surface area (Å²) in [4.78, 5) is 15.1. The number of fused-ring (bicyclic) bond motifs is 1. The molecule has 3 aromatic rings. The first kappa shape index (κ1) is 16.6. The molecule has 0 radical (unpaired) electrons. The van der Waals surface area contributed by atoms with Crippen LogP contribution in [0.1, 0.15) is 26.5 Å². The maximum atomic E-state index is 4.39. The highest BCUT2D eigenvalue weighted by molar-refractivity contribution is 5.85. The van der Waals surface area contributed by atoms with Crippen molar-refractivity contribution in [2.24, 2.45) is 5.92 Å². The summed E-state index contributed by atoms with van der Waals surface area (Å²) in [5.41, 5.74) is 1.76. The number of rotatable bonds is 4. The second-order valence-electron chi connectivity index (χ2n) is 7.78. The minimum Gasteiger partial charge on any atom is -0.369 e. The smallest absolute Gasteiger partial charge is 0.164 e. The topological polar surface area (TPSA) is 79.7 Å². The number of pyridine rings is 1. The van der Waals surface area contributed by atoms with E-state index in [0.29, 0.717) is 5.92 Å². The van der Waals surface area contributed by atoms with Gasteiger partial charge in [0, 0.05) is 37.2 Å². The molecule has 26 heavy (non-hydrogen) atoms. The third kappa shape index (κ3) is 3.29. The molecule has 7 nitrogen and oxygen atoms in total. The molecule has 1 fully saturated rings. The molecule has 0 bridgehead atoms. The third-order valence-corrected chi connectivity index (χ3v) is 4.67. The summed E-state index contributed by atoms with van der Waals surface area (Å²) in [5, 5.41) is 13.2. The standard InChI is InChI=1S/C19H23N7/c1-19(2,3)15-6-7-16(25-24-15)26-10-13(11-26)9-21-18-14-5-4-8-20-17(14)22-12-23-18/h4-8,12-13H,9-11H2,1-3H3,(H,20,21,22,23). The van der Waals surface area contributed by atoms with Gasteiger partial charge in [0.25, 0.3) is 0 Å². The Kier molecular flexibility index (Phi) is 4.14. The van der Waals surface area contributed by atoms with Crippen LogP contribution in [-0.2, 0) is 5.41 Å². The Morgan fingerprint density at radius 2 is 1.92 bits per heavy atom. The van der Waals surface area contributed by atoms with E-state index in [0.717, 1.165) is 48.0 Å². The van der Waals surface area contributed by atoms with Gasteiger partial charge in [-0.05, 0) is 24.3 Å². The maximum absolute atomic E-state index is 4.39. The largest absolute Gasteiger partial charge is 0.369 e. The van der Waals surface area contributed by atoms with Crippen molar-refractivity contribution in [1.29, 1.82) is 0 Å². The normalized spacial score (nSPS) is 15.1. The molecule has 4 heterocycles. The minimum absolute atomic E-state index is 0.0299. The van der Waals surface area contributed by atoms with Crippen molar-refractivity contribution in [1.82, 2.24) is 25.1 Å². The lowest BCUT2D eigenvalue weighted by molar-refractivity contribution is 0.424. The summed E-state index contributed by atoms with van der Waals surface area (Å²) in [5.74, 6) is 2.35. The van der Waals surface area contributed by atoms with E-state index in [4.69, 9.17) is 0 Å². The molecule has 0 saturated carbocycles. The number of aromatic nitrogens is 5. The van der Waals surface area contributed by atoms with Crippen LogP contribution in [0.3, 0.4) is 0 Å². The average molecular weight is 349 g/mol. The van der Waals surface area contributed by atoms with Crippen LogP contribution in [0.25, 0.3) is 11.0 Å². The minimum atomic E-state index is 0.0299. The van der Waals surface area contributed by atoms with Crippen LogP contribution in [0, 0.1) is 5.92 Å². The SMILES string of the molecule is CC(C)(C)c1ccc(N2CC(CNc3ncnc4ncccc34)C2)nn1. The predicted molar refractivity (Wildman–Crippen MR) is 102 cm³/mol. The molecule has 1 N–H and O–H groups in total. The second-order valence-corrected chi connectivity index (χ2v) is 7.78. The summed E-state index contributed by atoms with van der Waals surface area (Å²) >= 11 is 0. The Bertz CT molecular complexity index is 890. The second kappa shape index (κ2) is 6.48. The molecule has 0 unspecified atom stereocenters. The fraction of sp³-hybridized carbons (Fsp3) is 0.421. The number of nitrogens with one attached hydrogen (secondary N) is 1. The van der Waals surface area contributed by atoms with Crippen LogP contribution < -0.4 is 10.2 Å². The zero-order chi connectivity index (χ0) is 18.1. The van der Waals surface area contributed by atoms with Gasteiger partial charge < -0.3 is 10.2 Å². The fourth-order valence-electron chi connectivity index (χ4n) is 3.06. The van der Waals surface area contributed by atoms with Gasteiger partial charge in [0.15, 0.2) is 11.5 Å². The lowest BCUT2D eigenvalue weighted by Crippen LogP contribution is -2.50. The van der Waals surface area contributed by atoms with E-state index >= 15 is 0 Å². The molecule has 4 rings (SSSR count). The van der Waals surface area contributed by atoms with Crippen LogP contribution in [-0.4, -0.2) is 44.8 Å². The average Bonchev–Trinajstić information content (AvgIpc) is 2.60. The molecule has 7 heteroatoms. The first-order valence-electron chi connectivity index (χ1n) is 8.89. The van der Waals surface area contributed by atoms with E-state index in [1.807, 2.05) is 12.1 Å². The monoisotopic (exact) mass is 349 g/mol. The summed E-state index contributed by atoms with van der Waals surface area (Å²) in [6.07, 6.45) is 3.30. The van der Waals surface area contributed by atoms with E-state index < -0.39 is 0 Å². The van der Waals surface area contributed by atoms with E-state index in [9.17, 15) is 0 Å². The van der Waals surface area contributed by atoms with Crippen molar-refractivity contribution < 1.29 is 0 Å². The first-order chi connectivity index (χ1) is 12.5. The molecule has 1 aliphatic rings. The van der Waals surface area contributed by atoms with Gasteiger partial charge in [0.05, 0.1) is 11.1 Å². The molecule has 134 valence electrons. The van der Waals surface area contributed by atoms with Gasteiger partial charge in [-0.3, -0.25) is 0 Å². The highest BCUT2D eigenvalue weighted by Gasteiger charge is 2.28. The Morgan fingerprint density at radius 1 is 1.08 bits per heavy atom. The van der Waals surface area contributed by atoms with Gasteiger partial charge in [-0.2, -0.15) is 5.10 Å². The predicted octanol–water partition coefficient (Wildman–Crippen LogP) is 2.66. The first-order valence-corrected chi connectivity index (χ1v) is 8.89. The Hall–Kier alpha value is -2.83. The maximum Gasteiger partial charge on any atom is 0.164 e. The Labute approximate surface area is 152 Å². The zero-order valence-electron chi connectivity index (χ0n) is 15.3. The van der Waals surface area contributed by atoms with Crippen molar-refractivity contribution in [3.63, 3.8) is 0 Å². The van der Waals surface area contributed by atoms with Crippen LogP contribution in [0.15, 0.2) is 36.8 Å². The van der Waals surface area contributed by atoms with Gasteiger partial charge >= 0.3 is 0 Å². The van der Waals surface area contributed by atoms with Crippen LogP contribution in [0.2, 0.25) is 0 Å². The van der Waals surface area contributed by atoms with E-state index in [-0.39, 0.29) is 5.41 Å². The van der Waals surface area contributed by atoms with Crippen molar-refractivity contribution in [3.05, 3.63) is 42.5 Å². The summed E-state index contributed by atoms with van der Waals surface area (Å²) in [6.45, 7) is 9.25. The molecule has 1 saturated heterocycles. The lowest BCUT2D eigenvalue weighted by atomic mass is 9.92. The Morgan fingerprint density at radius 3 is 2.65 bits per heavy atom. The highest BCUT2D eigenvalue weighted by Crippen LogP contribution is 2.25. The lowest BCUT2D eigenvalue weighted by Gasteiger charge is -2.40. The van der Waals surface area contributed by atoms with Gasteiger partial charge in [0.2, 0.25) is 0 Å². The molecule has 3 aromatic heterocycles. The molecule has 0 aliphatic carbocycles. The summed E-state index contributed by atoms with van der Waals surface area (Å²) in [7, 11) is 0. The molecule has 1 aliphatic heterocycles. The quantitative estimate of drug-likeness (QED) is 0.775.